The van der Waals surface area contributed by atoms with Crippen LogP contribution in [0.3, 0.4) is 0 Å². The molecule has 0 aliphatic carbocycles. The number of aliphatic hydroxyl groups excluding tert-OH is 1. The fraction of sp³-hybridized carbons (Fsp3) is 0.368. The van der Waals surface area contributed by atoms with Crippen LogP contribution < -0.4 is 5.73 Å². The molecule has 0 saturated carbocycles. The van der Waals surface area contributed by atoms with Gasteiger partial charge in [-0.1, -0.05) is 30.2 Å². The van der Waals surface area contributed by atoms with Crippen molar-refractivity contribution in [2.75, 3.05) is 12.3 Å². The largest absolute Gasteiger partial charge is 0.456 e. The second kappa shape index (κ2) is 8.56. The van der Waals surface area contributed by atoms with Gasteiger partial charge in [-0.25, -0.2) is 19.7 Å². The van der Waals surface area contributed by atoms with Crippen LogP contribution in [0.4, 0.5) is 5.82 Å². The van der Waals surface area contributed by atoms with Gasteiger partial charge < -0.3 is 20.3 Å². The normalized spacial score (nSPS) is 21.5. The Morgan fingerprint density at radius 1 is 1.45 bits per heavy atom. The smallest absolute Gasteiger partial charge is 0.338 e. The van der Waals surface area contributed by atoms with Crippen LogP contribution in [0.1, 0.15) is 41.5 Å². The van der Waals surface area contributed by atoms with Gasteiger partial charge in [0.15, 0.2) is 11.5 Å². The average molecular weight is 424 g/mol. The maximum atomic E-state index is 12.9. The number of anilines is 1. The van der Waals surface area contributed by atoms with Crippen molar-refractivity contribution in [1.29, 1.82) is 0 Å². The van der Waals surface area contributed by atoms with Crippen LogP contribution in [0.2, 0.25) is 0 Å². The first-order valence-corrected chi connectivity index (χ1v) is 9.57. The van der Waals surface area contributed by atoms with Crippen LogP contribution in [-0.2, 0) is 9.47 Å². The molecular weight excluding hydrogens is 404 g/mol. The van der Waals surface area contributed by atoms with Gasteiger partial charge in [0.25, 0.3) is 0 Å². The number of fused-ring (bicyclic) bond motifs is 1. The minimum absolute atomic E-state index is 0.245. The molecule has 1 saturated heterocycles. The lowest BCUT2D eigenvalue weighted by molar-refractivity contribution is -0.0500. The third-order valence-corrected chi connectivity index (χ3v) is 5.17. The Kier molecular flexibility index (Phi) is 5.67. The molecule has 1 fully saturated rings. The highest BCUT2D eigenvalue weighted by Crippen LogP contribution is 2.34. The van der Waals surface area contributed by atoms with E-state index in [2.05, 4.69) is 25.0 Å². The number of carbonyl (C=O) groups excluding carboxylic acids is 1. The quantitative estimate of drug-likeness (QED) is 0.262. The number of rotatable bonds is 6. The summed E-state index contributed by atoms with van der Waals surface area (Å²) in [4.78, 5) is 28.0. The number of hydrogen-bond donors (Lipinski definition) is 2. The van der Waals surface area contributed by atoms with E-state index in [1.165, 1.54) is 12.7 Å². The number of nitrogen functional groups attached to an aromatic ring is 1. The molecule has 0 bridgehead atoms. The second-order valence-electron chi connectivity index (χ2n) is 7.04. The van der Waals surface area contributed by atoms with Crippen LogP contribution in [0, 0.1) is 0 Å². The van der Waals surface area contributed by atoms with Gasteiger partial charge in [0.2, 0.25) is 0 Å². The predicted octanol–water partition coefficient (Wildman–Crippen LogP) is 2.29. The van der Waals surface area contributed by atoms with Gasteiger partial charge in [-0.05, 0) is 17.2 Å². The van der Waals surface area contributed by atoms with Crippen molar-refractivity contribution >= 4 is 23.0 Å². The lowest BCUT2D eigenvalue weighted by atomic mass is 10.0. The molecule has 3 N–H and O–H groups in total. The van der Waals surface area contributed by atoms with Crippen molar-refractivity contribution in [1.82, 2.24) is 19.5 Å². The number of hydrogen-bond acceptors (Lipinski definition) is 9. The summed E-state index contributed by atoms with van der Waals surface area (Å²) in [5, 5.41) is 13.4. The maximum Gasteiger partial charge on any atom is 0.338 e. The Hall–Kier alpha value is -3.73. The molecule has 160 valence electrons. The summed E-state index contributed by atoms with van der Waals surface area (Å²) in [7, 11) is 0. The number of aromatic nitrogens is 4. The molecule has 3 aromatic rings. The van der Waals surface area contributed by atoms with Crippen molar-refractivity contribution in [3.05, 3.63) is 58.5 Å². The molecule has 4 atom stereocenters. The first-order valence-electron chi connectivity index (χ1n) is 9.57. The van der Waals surface area contributed by atoms with Gasteiger partial charge in [-0.3, -0.25) is 4.57 Å². The Balaban J connectivity index is 1.56. The third-order valence-electron chi connectivity index (χ3n) is 5.17. The molecule has 1 aromatic carbocycles. The van der Waals surface area contributed by atoms with Crippen molar-refractivity contribution in [3.8, 4) is 0 Å². The average Bonchev–Trinajstić information content (AvgIpc) is 3.38. The summed E-state index contributed by atoms with van der Waals surface area (Å²) in [6.07, 6.45) is 1.13. The van der Waals surface area contributed by atoms with Crippen LogP contribution in [0.25, 0.3) is 21.6 Å². The highest BCUT2D eigenvalue weighted by Gasteiger charge is 2.39. The summed E-state index contributed by atoms with van der Waals surface area (Å²) in [5.74, 6) is -0.348. The van der Waals surface area contributed by atoms with Crippen molar-refractivity contribution < 1.29 is 19.4 Å². The summed E-state index contributed by atoms with van der Waals surface area (Å²) in [6.45, 7) is 1.35. The first kappa shape index (κ1) is 20.5. The van der Waals surface area contributed by atoms with Gasteiger partial charge in [-0.2, -0.15) is 0 Å². The molecule has 2 aromatic heterocycles. The number of aliphatic hydroxyl groups is 1. The van der Waals surface area contributed by atoms with Gasteiger partial charge >= 0.3 is 5.97 Å². The van der Waals surface area contributed by atoms with Crippen LogP contribution in [0.15, 0.2) is 42.0 Å². The fourth-order valence-corrected chi connectivity index (χ4v) is 3.63. The molecule has 3 heterocycles. The zero-order chi connectivity index (χ0) is 22.0. The number of carbonyl (C=O) groups is 1. The monoisotopic (exact) mass is 424 g/mol. The van der Waals surface area contributed by atoms with E-state index in [0.717, 1.165) is 0 Å². The third kappa shape index (κ3) is 3.87. The summed E-state index contributed by atoms with van der Waals surface area (Å²) >= 11 is 0. The van der Waals surface area contributed by atoms with E-state index in [4.69, 9.17) is 20.7 Å². The van der Waals surface area contributed by atoms with E-state index in [-0.39, 0.29) is 24.4 Å². The van der Waals surface area contributed by atoms with E-state index in [1.807, 2.05) is 0 Å². The molecule has 1 unspecified atom stereocenters. The van der Waals surface area contributed by atoms with Crippen molar-refractivity contribution in [3.63, 3.8) is 0 Å². The number of ether oxygens (including phenoxy) is 2. The molecule has 12 nitrogen and oxygen atoms in total. The predicted molar refractivity (Wildman–Crippen MR) is 109 cm³/mol. The number of nitrogens with two attached hydrogens (primary N) is 1. The minimum Gasteiger partial charge on any atom is -0.456 e. The molecule has 4 rings (SSSR count). The summed E-state index contributed by atoms with van der Waals surface area (Å²) in [5.41, 5.74) is 16.3. The van der Waals surface area contributed by atoms with E-state index < -0.39 is 30.4 Å². The van der Waals surface area contributed by atoms with E-state index in [1.54, 1.807) is 35.8 Å². The lowest BCUT2D eigenvalue weighted by Gasteiger charge is -2.18. The van der Waals surface area contributed by atoms with Gasteiger partial charge in [0.05, 0.1) is 24.5 Å². The minimum atomic E-state index is -0.729. The van der Waals surface area contributed by atoms with E-state index >= 15 is 0 Å². The molecular formula is C19H20N8O4. The van der Waals surface area contributed by atoms with E-state index in [0.29, 0.717) is 16.7 Å². The Labute approximate surface area is 176 Å². The molecule has 0 amide bonds. The Bertz CT molecular complexity index is 1160. The Morgan fingerprint density at radius 2 is 2.26 bits per heavy atom. The highest BCUT2D eigenvalue weighted by atomic mass is 16.6. The number of nitrogens with zero attached hydrogens (tertiary/aromatic N) is 7. The second-order valence-corrected chi connectivity index (χ2v) is 7.04. The maximum absolute atomic E-state index is 12.9. The Morgan fingerprint density at radius 3 is 3.03 bits per heavy atom. The van der Waals surface area contributed by atoms with Crippen LogP contribution >= 0.6 is 0 Å². The topological polar surface area (TPSA) is 174 Å². The SMILES string of the molecule is CC(N=[N+]=[N-])c1ccccc1C(=O)O[C@@H]1C[C@H](n2cnc3c(N)ncnc32)O[C@@H]1CO. The summed E-state index contributed by atoms with van der Waals surface area (Å²) in [6, 6.07) is 6.21. The van der Waals surface area contributed by atoms with Gasteiger partial charge in [-0.15, -0.1) is 0 Å². The standard InChI is InChI=1S/C19H20N8O4/c1-10(25-26-21)11-4-2-3-5-12(11)19(29)31-13-6-15(30-14(13)7-28)27-9-24-16-17(20)22-8-23-18(16)27/h2-5,8-10,13-15,28H,6-7H2,1H3,(H2,20,22,23)/t10?,13-,14-,15-/m1/s1. The van der Waals surface area contributed by atoms with Gasteiger partial charge in [0, 0.05) is 11.3 Å². The van der Waals surface area contributed by atoms with E-state index in [9.17, 15) is 9.90 Å². The molecule has 31 heavy (non-hydrogen) atoms. The number of benzene rings is 1. The van der Waals surface area contributed by atoms with Crippen molar-refractivity contribution in [2.45, 2.75) is 37.8 Å². The molecule has 0 spiro atoms. The highest BCUT2D eigenvalue weighted by molar-refractivity contribution is 5.91. The molecule has 12 heteroatoms. The molecule has 0 radical (unpaired) electrons. The molecule has 1 aliphatic rings. The lowest BCUT2D eigenvalue weighted by Crippen LogP contribution is -2.30. The van der Waals surface area contributed by atoms with Crippen LogP contribution in [0.5, 0.6) is 0 Å². The zero-order valence-electron chi connectivity index (χ0n) is 16.6. The van der Waals surface area contributed by atoms with Crippen molar-refractivity contribution in [2.24, 2.45) is 5.11 Å². The zero-order valence-corrected chi connectivity index (χ0v) is 16.6. The number of azide groups is 1. The number of imidazole rings is 1. The van der Waals surface area contributed by atoms with Gasteiger partial charge in [0.1, 0.15) is 30.3 Å². The fourth-order valence-electron chi connectivity index (χ4n) is 3.63. The molecule has 1 aliphatic heterocycles. The van der Waals surface area contributed by atoms with Crippen LogP contribution in [-0.4, -0.2) is 49.4 Å². The number of esters is 1. The summed E-state index contributed by atoms with van der Waals surface area (Å²) < 4.78 is 13.2. The first-order chi connectivity index (χ1) is 15.0.